The first-order valence-corrected chi connectivity index (χ1v) is 31.5. The van der Waals surface area contributed by atoms with Crippen LogP contribution in [0.4, 0.5) is 0 Å². The largest absolute Gasteiger partial charge is 0.462 e. The van der Waals surface area contributed by atoms with Crippen molar-refractivity contribution in [3.05, 3.63) is 122 Å². The van der Waals surface area contributed by atoms with Gasteiger partial charge < -0.3 is 14.2 Å². The summed E-state index contributed by atoms with van der Waals surface area (Å²) in [5.41, 5.74) is 0. The lowest BCUT2D eigenvalue weighted by Crippen LogP contribution is -2.30. The molecule has 0 heterocycles. The molecule has 0 aromatic heterocycles. The van der Waals surface area contributed by atoms with Crippen LogP contribution in [0, 0.1) is 0 Å². The van der Waals surface area contributed by atoms with E-state index in [1.54, 1.807) is 0 Å². The first-order valence-electron chi connectivity index (χ1n) is 31.5. The molecule has 0 saturated carbocycles. The Labute approximate surface area is 469 Å². The predicted molar refractivity (Wildman–Crippen MR) is 330 cm³/mol. The molecule has 0 aliphatic rings. The smallest absolute Gasteiger partial charge is 0.306 e. The third-order valence-corrected chi connectivity index (χ3v) is 13.2. The molecule has 0 aromatic rings. The standard InChI is InChI=1S/C70H116O6/c1-4-7-10-13-16-19-22-25-28-30-31-32-33-34-35-36-37-38-39-41-42-45-48-51-54-57-60-63-69(72)75-66-67(65-74-68(71)62-59-56-53-50-47-44-27-24-21-18-15-12-9-6-3)76-70(73)64-61-58-55-52-49-46-43-40-29-26-23-20-17-14-11-8-5-2/h7-8,10-11,15-20,24-29,31-32,34-35,67H,4-6,9,12-14,21-23,30,33,36-66H2,1-3H3/b10-7-,11-8-,18-15-,19-16-,20-17-,27-24-,28-25-,29-26-,32-31-,35-34-. The van der Waals surface area contributed by atoms with Crippen LogP contribution in [-0.2, 0) is 28.6 Å². The third kappa shape index (κ3) is 60.7. The second-order valence-electron chi connectivity index (χ2n) is 20.5. The molecule has 0 fully saturated rings. The van der Waals surface area contributed by atoms with Crippen molar-refractivity contribution in [1.82, 2.24) is 0 Å². The van der Waals surface area contributed by atoms with Gasteiger partial charge in [0.2, 0.25) is 0 Å². The van der Waals surface area contributed by atoms with E-state index in [1.807, 2.05) is 0 Å². The zero-order valence-electron chi connectivity index (χ0n) is 49.5. The highest BCUT2D eigenvalue weighted by Crippen LogP contribution is 2.15. The van der Waals surface area contributed by atoms with Crippen LogP contribution < -0.4 is 0 Å². The summed E-state index contributed by atoms with van der Waals surface area (Å²) in [7, 11) is 0. The zero-order valence-corrected chi connectivity index (χ0v) is 49.5. The molecule has 0 saturated heterocycles. The van der Waals surface area contributed by atoms with Gasteiger partial charge in [-0.1, -0.05) is 264 Å². The van der Waals surface area contributed by atoms with Crippen LogP contribution in [0.5, 0.6) is 0 Å². The van der Waals surface area contributed by atoms with Crippen LogP contribution in [0.25, 0.3) is 0 Å². The van der Waals surface area contributed by atoms with E-state index in [9.17, 15) is 14.4 Å². The van der Waals surface area contributed by atoms with Crippen molar-refractivity contribution in [2.45, 2.75) is 290 Å². The van der Waals surface area contributed by atoms with E-state index in [0.29, 0.717) is 19.3 Å². The van der Waals surface area contributed by atoms with Crippen LogP contribution in [0.3, 0.4) is 0 Å². The number of unbranched alkanes of at least 4 members (excludes halogenated alkanes) is 25. The second-order valence-corrected chi connectivity index (χ2v) is 20.5. The van der Waals surface area contributed by atoms with Gasteiger partial charge in [-0.25, -0.2) is 0 Å². The molecule has 0 rings (SSSR count). The molecule has 76 heavy (non-hydrogen) atoms. The number of hydrogen-bond donors (Lipinski definition) is 0. The van der Waals surface area contributed by atoms with E-state index in [1.165, 1.54) is 103 Å². The number of carbonyl (C=O) groups is 3. The first-order chi connectivity index (χ1) is 37.5. The van der Waals surface area contributed by atoms with Crippen LogP contribution >= 0.6 is 0 Å². The summed E-state index contributed by atoms with van der Waals surface area (Å²) < 4.78 is 16.9. The SMILES string of the molecule is CC/C=C\C/C=C\C/C=C\C/C=C\C/C=C\CCCCCCCCCCCCCC(=O)OCC(COC(=O)CCCCCCC/C=C\C/C=C\CCCC)OC(=O)CCCCCCCCC/C=C\C/C=C\C/C=C\CC. The number of allylic oxidation sites excluding steroid dienone is 20. The molecule has 6 nitrogen and oxygen atoms in total. The molecule has 6 heteroatoms. The molecule has 0 aromatic carbocycles. The molecular weight excluding hydrogens is 937 g/mol. The molecular formula is C70H116O6. The number of carbonyl (C=O) groups excluding carboxylic acids is 3. The predicted octanol–water partition coefficient (Wildman–Crippen LogP) is 21.6. The Balaban J connectivity index is 4.34. The van der Waals surface area contributed by atoms with Gasteiger partial charge in [-0.05, 0) is 122 Å². The molecule has 1 unspecified atom stereocenters. The lowest BCUT2D eigenvalue weighted by molar-refractivity contribution is -0.167. The summed E-state index contributed by atoms with van der Waals surface area (Å²) in [5, 5.41) is 0. The van der Waals surface area contributed by atoms with E-state index >= 15 is 0 Å². The van der Waals surface area contributed by atoms with Crippen molar-refractivity contribution in [2.24, 2.45) is 0 Å². The highest BCUT2D eigenvalue weighted by Gasteiger charge is 2.19. The number of rotatable bonds is 56. The van der Waals surface area contributed by atoms with E-state index in [-0.39, 0.29) is 31.1 Å². The molecule has 0 amide bonds. The molecule has 0 radical (unpaired) electrons. The Morgan fingerprint density at radius 2 is 0.513 bits per heavy atom. The highest BCUT2D eigenvalue weighted by atomic mass is 16.6. The van der Waals surface area contributed by atoms with E-state index in [4.69, 9.17) is 14.2 Å². The van der Waals surface area contributed by atoms with Crippen molar-refractivity contribution in [3.8, 4) is 0 Å². The van der Waals surface area contributed by atoms with Crippen molar-refractivity contribution in [3.63, 3.8) is 0 Å². The minimum Gasteiger partial charge on any atom is -0.462 e. The Kier molecular flexibility index (Phi) is 59.9. The fourth-order valence-corrected chi connectivity index (χ4v) is 8.50. The minimum atomic E-state index is -0.794. The topological polar surface area (TPSA) is 78.9 Å². The minimum absolute atomic E-state index is 0.0899. The van der Waals surface area contributed by atoms with Gasteiger partial charge in [0.05, 0.1) is 0 Å². The molecule has 0 N–H and O–H groups in total. The average Bonchev–Trinajstić information content (AvgIpc) is 3.42. The van der Waals surface area contributed by atoms with Crippen LogP contribution in [0.15, 0.2) is 122 Å². The maximum atomic E-state index is 12.9. The molecule has 432 valence electrons. The summed E-state index contributed by atoms with van der Waals surface area (Å²) in [6.45, 7) is 6.36. The van der Waals surface area contributed by atoms with E-state index in [0.717, 1.165) is 141 Å². The Morgan fingerprint density at radius 3 is 0.803 bits per heavy atom. The van der Waals surface area contributed by atoms with E-state index in [2.05, 4.69) is 142 Å². The molecule has 1 atom stereocenters. The molecule has 0 bridgehead atoms. The van der Waals surface area contributed by atoms with Crippen LogP contribution in [-0.4, -0.2) is 37.2 Å². The van der Waals surface area contributed by atoms with Crippen molar-refractivity contribution >= 4 is 17.9 Å². The normalized spacial score (nSPS) is 12.9. The lowest BCUT2D eigenvalue weighted by atomic mass is 10.0. The summed E-state index contributed by atoms with van der Waals surface area (Å²) >= 11 is 0. The van der Waals surface area contributed by atoms with Crippen LogP contribution in [0.2, 0.25) is 0 Å². The summed E-state index contributed by atoms with van der Waals surface area (Å²) in [5.74, 6) is -0.913. The molecule has 0 aliphatic heterocycles. The maximum Gasteiger partial charge on any atom is 0.306 e. The second kappa shape index (κ2) is 63.3. The van der Waals surface area contributed by atoms with Gasteiger partial charge in [-0.15, -0.1) is 0 Å². The van der Waals surface area contributed by atoms with Gasteiger partial charge in [0.1, 0.15) is 13.2 Å². The lowest BCUT2D eigenvalue weighted by Gasteiger charge is -2.18. The Bertz CT molecular complexity index is 1590. The van der Waals surface area contributed by atoms with Crippen molar-refractivity contribution < 1.29 is 28.6 Å². The number of hydrogen-bond acceptors (Lipinski definition) is 6. The van der Waals surface area contributed by atoms with Gasteiger partial charge in [0.15, 0.2) is 6.10 Å². The highest BCUT2D eigenvalue weighted by molar-refractivity contribution is 5.71. The van der Waals surface area contributed by atoms with Gasteiger partial charge in [-0.2, -0.15) is 0 Å². The van der Waals surface area contributed by atoms with Gasteiger partial charge in [0.25, 0.3) is 0 Å². The Hall–Kier alpha value is -4.19. The summed E-state index contributed by atoms with van der Waals surface area (Å²) in [6.07, 6.45) is 87.7. The summed E-state index contributed by atoms with van der Waals surface area (Å²) in [6, 6.07) is 0. The maximum absolute atomic E-state index is 12.9. The van der Waals surface area contributed by atoms with Crippen molar-refractivity contribution in [1.29, 1.82) is 0 Å². The first kappa shape index (κ1) is 71.8. The fraction of sp³-hybridized carbons (Fsp3) is 0.671. The monoisotopic (exact) mass is 1050 g/mol. The molecule has 0 spiro atoms. The van der Waals surface area contributed by atoms with Gasteiger partial charge in [-0.3, -0.25) is 14.4 Å². The average molecular weight is 1050 g/mol. The third-order valence-electron chi connectivity index (χ3n) is 13.2. The fourth-order valence-electron chi connectivity index (χ4n) is 8.50. The van der Waals surface area contributed by atoms with Crippen molar-refractivity contribution in [2.75, 3.05) is 13.2 Å². The van der Waals surface area contributed by atoms with E-state index < -0.39 is 6.10 Å². The van der Waals surface area contributed by atoms with Gasteiger partial charge >= 0.3 is 17.9 Å². The van der Waals surface area contributed by atoms with Crippen LogP contribution in [0.1, 0.15) is 284 Å². The molecule has 0 aliphatic carbocycles. The zero-order chi connectivity index (χ0) is 55.0. The van der Waals surface area contributed by atoms with Gasteiger partial charge in [0, 0.05) is 19.3 Å². The quantitative estimate of drug-likeness (QED) is 0.0261. The summed E-state index contributed by atoms with van der Waals surface area (Å²) in [4.78, 5) is 38.3. The number of ether oxygens (including phenoxy) is 3. The number of esters is 3. The Morgan fingerprint density at radius 1 is 0.276 bits per heavy atom.